The maximum absolute atomic E-state index is 9.81. The number of fused-ring (bicyclic) bond motifs is 1. The average molecular weight is 265 g/mol. The van der Waals surface area contributed by atoms with E-state index in [2.05, 4.69) is 20.1 Å². The lowest BCUT2D eigenvalue weighted by atomic mass is 10.2. The highest BCUT2D eigenvalue weighted by Crippen LogP contribution is 2.15. The van der Waals surface area contributed by atoms with Gasteiger partial charge in [0.05, 0.1) is 17.0 Å². The van der Waals surface area contributed by atoms with Gasteiger partial charge in [0, 0.05) is 26.1 Å². The molecular weight excluding hydrogens is 246 g/mol. The molecule has 0 spiro atoms. The quantitative estimate of drug-likeness (QED) is 0.621. The first-order valence-electron chi connectivity index (χ1n) is 6.69. The lowest BCUT2D eigenvalue weighted by molar-refractivity contribution is -0.384. The molecule has 0 amide bonds. The van der Waals surface area contributed by atoms with E-state index < -0.39 is 4.92 Å². The molecule has 1 fully saturated rings. The minimum Gasteiger partial charge on any atom is -0.360 e. The Bertz CT molecular complexity index is 429. The number of hydrogen-bond donors (Lipinski definition) is 1. The van der Waals surface area contributed by atoms with Crippen LogP contribution in [0.1, 0.15) is 32.1 Å². The Morgan fingerprint density at radius 2 is 2.11 bits per heavy atom. The van der Waals surface area contributed by atoms with Crippen molar-refractivity contribution >= 4 is 11.5 Å². The number of aromatic amines is 1. The van der Waals surface area contributed by atoms with Crippen LogP contribution < -0.4 is 0 Å². The molecule has 2 aliphatic rings. The standard InChI is InChI=1S/C9H16N2.C3H3N3O2/c1-2-5-9-10-6-4-8-11(9)7-3-1;7-6(8)3-1-4-5-2-3/h1-8H2;1-2H,(H,4,5). The van der Waals surface area contributed by atoms with E-state index in [1.165, 1.54) is 57.2 Å². The Labute approximate surface area is 111 Å². The molecule has 3 rings (SSSR count). The molecule has 2 aliphatic heterocycles. The highest BCUT2D eigenvalue weighted by Gasteiger charge is 2.16. The van der Waals surface area contributed by atoms with Gasteiger partial charge in [0.25, 0.3) is 0 Å². The SMILES string of the molecule is C1CCC2=NCCCN2CC1.O=[N+]([O-])c1cn[nH]c1. The molecule has 3 heterocycles. The number of H-pyrrole nitrogens is 1. The van der Waals surface area contributed by atoms with Gasteiger partial charge >= 0.3 is 5.69 Å². The van der Waals surface area contributed by atoms with E-state index in [0.29, 0.717) is 0 Å². The van der Waals surface area contributed by atoms with Crippen LogP contribution in [-0.2, 0) is 0 Å². The van der Waals surface area contributed by atoms with Crippen LogP contribution in [0.15, 0.2) is 17.4 Å². The zero-order valence-corrected chi connectivity index (χ0v) is 10.9. The van der Waals surface area contributed by atoms with Crippen LogP contribution >= 0.6 is 0 Å². The molecule has 1 N–H and O–H groups in total. The average Bonchev–Trinajstić information content (AvgIpc) is 2.85. The van der Waals surface area contributed by atoms with E-state index in [-0.39, 0.29) is 5.69 Å². The predicted octanol–water partition coefficient (Wildman–Crippen LogP) is 1.98. The molecule has 1 aromatic rings. The summed E-state index contributed by atoms with van der Waals surface area (Å²) in [4.78, 5) is 16.3. The van der Waals surface area contributed by atoms with Crippen LogP contribution in [0, 0.1) is 10.1 Å². The third-order valence-corrected chi connectivity index (χ3v) is 3.27. The van der Waals surface area contributed by atoms with Crippen molar-refractivity contribution < 1.29 is 4.92 Å². The van der Waals surface area contributed by atoms with Crippen molar-refractivity contribution in [2.75, 3.05) is 19.6 Å². The van der Waals surface area contributed by atoms with Crippen LogP contribution in [0.3, 0.4) is 0 Å². The zero-order valence-electron chi connectivity index (χ0n) is 10.9. The van der Waals surface area contributed by atoms with Gasteiger partial charge < -0.3 is 4.90 Å². The lowest BCUT2D eigenvalue weighted by Crippen LogP contribution is -2.34. The molecule has 0 radical (unpaired) electrons. The van der Waals surface area contributed by atoms with Crippen molar-refractivity contribution in [3.63, 3.8) is 0 Å². The smallest absolute Gasteiger partial charge is 0.306 e. The molecule has 104 valence electrons. The van der Waals surface area contributed by atoms with E-state index >= 15 is 0 Å². The van der Waals surface area contributed by atoms with Crippen LogP contribution in [-0.4, -0.2) is 45.5 Å². The summed E-state index contributed by atoms with van der Waals surface area (Å²) in [5.41, 5.74) is -0.00926. The summed E-state index contributed by atoms with van der Waals surface area (Å²) in [6.45, 7) is 3.60. The second-order valence-electron chi connectivity index (χ2n) is 4.66. The Balaban J connectivity index is 0.000000148. The third-order valence-electron chi connectivity index (χ3n) is 3.27. The summed E-state index contributed by atoms with van der Waals surface area (Å²) in [5.74, 6) is 1.40. The van der Waals surface area contributed by atoms with Gasteiger partial charge in [-0.1, -0.05) is 6.42 Å². The molecule has 0 atom stereocenters. The van der Waals surface area contributed by atoms with Crippen molar-refractivity contribution in [3.05, 3.63) is 22.5 Å². The van der Waals surface area contributed by atoms with Gasteiger partial charge in [0.1, 0.15) is 6.20 Å². The molecule has 0 unspecified atom stereocenters. The first kappa shape index (κ1) is 13.5. The number of nitrogens with one attached hydrogen (secondary N) is 1. The van der Waals surface area contributed by atoms with E-state index in [1.807, 2.05) is 0 Å². The second kappa shape index (κ2) is 6.86. The fourth-order valence-corrected chi connectivity index (χ4v) is 2.28. The highest BCUT2D eigenvalue weighted by atomic mass is 16.6. The predicted molar refractivity (Wildman–Crippen MR) is 72.2 cm³/mol. The van der Waals surface area contributed by atoms with Gasteiger partial charge in [0.2, 0.25) is 0 Å². The van der Waals surface area contributed by atoms with Crippen LogP contribution in [0.4, 0.5) is 5.69 Å². The lowest BCUT2D eigenvalue weighted by Gasteiger charge is -2.27. The molecule has 0 aromatic carbocycles. The van der Waals surface area contributed by atoms with Crippen LogP contribution in [0.25, 0.3) is 0 Å². The van der Waals surface area contributed by atoms with Gasteiger partial charge in [-0.3, -0.25) is 20.2 Å². The maximum atomic E-state index is 9.81. The van der Waals surface area contributed by atoms with Crippen molar-refractivity contribution in [2.24, 2.45) is 4.99 Å². The number of amidine groups is 1. The summed E-state index contributed by atoms with van der Waals surface area (Å²) in [5, 5.41) is 15.5. The van der Waals surface area contributed by atoms with E-state index in [0.717, 1.165) is 12.7 Å². The van der Waals surface area contributed by atoms with Gasteiger partial charge in [-0.05, 0) is 19.3 Å². The number of nitro groups is 1. The molecule has 7 heteroatoms. The number of nitrogens with zero attached hydrogens (tertiary/aromatic N) is 4. The molecular formula is C12H19N5O2. The minimum atomic E-state index is -0.510. The molecule has 0 saturated carbocycles. The topological polar surface area (TPSA) is 87.4 Å². The monoisotopic (exact) mass is 265 g/mol. The largest absolute Gasteiger partial charge is 0.360 e. The van der Waals surface area contributed by atoms with Gasteiger partial charge in [-0.2, -0.15) is 5.10 Å². The fourth-order valence-electron chi connectivity index (χ4n) is 2.28. The van der Waals surface area contributed by atoms with Gasteiger partial charge in [-0.25, -0.2) is 0 Å². The van der Waals surface area contributed by atoms with Gasteiger partial charge in [-0.15, -0.1) is 0 Å². The summed E-state index contributed by atoms with van der Waals surface area (Å²) in [6, 6.07) is 0. The molecule has 1 aromatic heterocycles. The number of aliphatic imine (C=N–C) groups is 1. The molecule has 7 nitrogen and oxygen atoms in total. The minimum absolute atomic E-state index is 0.00926. The molecule has 1 saturated heterocycles. The van der Waals surface area contributed by atoms with Crippen molar-refractivity contribution in [3.8, 4) is 0 Å². The summed E-state index contributed by atoms with van der Waals surface area (Å²) in [6.07, 6.45) is 9.01. The van der Waals surface area contributed by atoms with Crippen LogP contribution in [0.2, 0.25) is 0 Å². The number of aromatic nitrogens is 2. The Kier molecular flexibility index (Phi) is 4.88. The van der Waals surface area contributed by atoms with Crippen LogP contribution in [0.5, 0.6) is 0 Å². The first-order chi connectivity index (χ1) is 9.27. The summed E-state index contributed by atoms with van der Waals surface area (Å²) < 4.78 is 0. The summed E-state index contributed by atoms with van der Waals surface area (Å²) in [7, 11) is 0. The van der Waals surface area contributed by atoms with Crippen molar-refractivity contribution in [1.29, 1.82) is 0 Å². The molecule has 0 aliphatic carbocycles. The molecule has 0 bridgehead atoms. The second-order valence-corrected chi connectivity index (χ2v) is 4.66. The maximum Gasteiger partial charge on any atom is 0.306 e. The summed E-state index contributed by atoms with van der Waals surface area (Å²) >= 11 is 0. The van der Waals surface area contributed by atoms with Gasteiger partial charge in [0.15, 0.2) is 0 Å². The Morgan fingerprint density at radius 3 is 2.79 bits per heavy atom. The van der Waals surface area contributed by atoms with E-state index in [9.17, 15) is 10.1 Å². The number of hydrogen-bond acceptors (Lipinski definition) is 5. The normalized spacial score (nSPS) is 18.5. The first-order valence-corrected chi connectivity index (χ1v) is 6.69. The van der Waals surface area contributed by atoms with Crippen molar-refractivity contribution in [1.82, 2.24) is 15.1 Å². The number of rotatable bonds is 1. The Hall–Kier alpha value is -1.92. The molecule has 19 heavy (non-hydrogen) atoms. The Morgan fingerprint density at radius 1 is 1.26 bits per heavy atom. The zero-order chi connectivity index (χ0) is 13.5. The van der Waals surface area contributed by atoms with E-state index in [1.54, 1.807) is 0 Å². The fraction of sp³-hybridized carbons (Fsp3) is 0.667. The highest BCUT2D eigenvalue weighted by molar-refractivity contribution is 5.83. The third kappa shape index (κ3) is 4.04. The van der Waals surface area contributed by atoms with E-state index in [4.69, 9.17) is 0 Å². The van der Waals surface area contributed by atoms with Crippen molar-refractivity contribution in [2.45, 2.75) is 32.1 Å².